The number of hydrogen-bond donors (Lipinski definition) is 2. The van der Waals surface area contributed by atoms with Gasteiger partial charge in [0.1, 0.15) is 0 Å². The third-order valence-corrected chi connectivity index (χ3v) is 4.89. The van der Waals surface area contributed by atoms with Crippen molar-refractivity contribution in [2.75, 3.05) is 4.72 Å². The van der Waals surface area contributed by atoms with E-state index < -0.39 is 16.0 Å². The Bertz CT molecular complexity index is 811. The molecule has 0 heterocycles. The van der Waals surface area contributed by atoms with Gasteiger partial charge in [0, 0.05) is 6.42 Å². The highest BCUT2D eigenvalue weighted by Crippen LogP contribution is 2.22. The number of aliphatic carboxylic acids is 1. The van der Waals surface area contributed by atoms with Crippen LogP contribution in [0.25, 0.3) is 0 Å². The molecule has 0 aromatic heterocycles. The first-order chi connectivity index (χ1) is 10.8. The van der Waals surface area contributed by atoms with E-state index in [0.29, 0.717) is 12.1 Å². The van der Waals surface area contributed by atoms with E-state index in [1.807, 2.05) is 13.0 Å². The highest BCUT2D eigenvalue weighted by Gasteiger charge is 2.15. The average Bonchev–Trinajstić information content (AvgIpc) is 2.48. The van der Waals surface area contributed by atoms with E-state index in [0.717, 1.165) is 16.7 Å². The van der Waals surface area contributed by atoms with Gasteiger partial charge in [0.25, 0.3) is 10.0 Å². The van der Waals surface area contributed by atoms with Crippen molar-refractivity contribution in [2.24, 2.45) is 0 Å². The van der Waals surface area contributed by atoms with E-state index in [1.165, 1.54) is 0 Å². The van der Waals surface area contributed by atoms with Crippen LogP contribution in [-0.2, 0) is 21.2 Å². The van der Waals surface area contributed by atoms with Crippen molar-refractivity contribution in [2.45, 2.75) is 31.6 Å². The maximum Gasteiger partial charge on any atom is 0.303 e. The molecule has 0 saturated carbocycles. The zero-order chi connectivity index (χ0) is 17.0. The van der Waals surface area contributed by atoms with Crippen LogP contribution in [0, 0.1) is 13.8 Å². The Morgan fingerprint density at radius 3 is 2.35 bits per heavy atom. The largest absolute Gasteiger partial charge is 0.481 e. The van der Waals surface area contributed by atoms with Crippen molar-refractivity contribution in [1.29, 1.82) is 0 Å². The molecule has 6 heteroatoms. The zero-order valence-corrected chi connectivity index (χ0v) is 13.9. The number of anilines is 1. The van der Waals surface area contributed by atoms with Gasteiger partial charge in [-0.05, 0) is 49.6 Å². The molecule has 5 nitrogen and oxygen atoms in total. The van der Waals surface area contributed by atoms with Crippen LogP contribution in [-0.4, -0.2) is 19.5 Å². The summed E-state index contributed by atoms with van der Waals surface area (Å²) in [7, 11) is -3.67. The summed E-state index contributed by atoms with van der Waals surface area (Å²) in [5, 5.41) is 8.74. The molecule has 2 N–H and O–H groups in total. The second kappa shape index (κ2) is 6.83. The van der Waals surface area contributed by atoms with Crippen molar-refractivity contribution in [3.05, 3.63) is 59.2 Å². The standard InChI is InChI=1S/C17H19NO4S/c1-12-3-8-15(9-4-12)23(21,22)18-16-11-14(6-5-13(16)2)7-10-17(19)20/h3-6,8-9,11,18H,7,10H2,1-2H3,(H,19,20). The molecule has 0 spiro atoms. The first-order valence-electron chi connectivity index (χ1n) is 7.19. The highest BCUT2D eigenvalue weighted by molar-refractivity contribution is 7.92. The summed E-state index contributed by atoms with van der Waals surface area (Å²) in [6, 6.07) is 11.9. The fourth-order valence-corrected chi connectivity index (χ4v) is 3.23. The van der Waals surface area contributed by atoms with Crippen molar-refractivity contribution in [3.8, 4) is 0 Å². The Morgan fingerprint density at radius 2 is 1.74 bits per heavy atom. The Kier molecular flexibility index (Phi) is 5.05. The van der Waals surface area contributed by atoms with Gasteiger partial charge in [-0.2, -0.15) is 0 Å². The molecule has 0 amide bonds. The number of carboxylic acid groups (broad SMARTS) is 1. The smallest absolute Gasteiger partial charge is 0.303 e. The van der Waals surface area contributed by atoms with E-state index in [2.05, 4.69) is 4.72 Å². The summed E-state index contributed by atoms with van der Waals surface area (Å²) < 4.78 is 27.4. The lowest BCUT2D eigenvalue weighted by Crippen LogP contribution is -2.14. The van der Waals surface area contributed by atoms with Crippen LogP contribution in [0.5, 0.6) is 0 Å². The molecule has 0 saturated heterocycles. The zero-order valence-electron chi connectivity index (χ0n) is 13.0. The number of rotatable bonds is 6. The van der Waals surface area contributed by atoms with Crippen LogP contribution in [0.4, 0.5) is 5.69 Å². The summed E-state index contributed by atoms with van der Waals surface area (Å²) in [5.41, 5.74) is 3.00. The van der Waals surface area contributed by atoms with E-state index in [1.54, 1.807) is 43.3 Å². The maximum absolute atomic E-state index is 12.4. The van der Waals surface area contributed by atoms with Gasteiger partial charge in [0.05, 0.1) is 10.6 Å². The third-order valence-electron chi connectivity index (χ3n) is 3.51. The monoisotopic (exact) mass is 333 g/mol. The lowest BCUT2D eigenvalue weighted by Gasteiger charge is -2.12. The molecule has 0 aliphatic rings. The van der Waals surface area contributed by atoms with Gasteiger partial charge in [0.2, 0.25) is 0 Å². The van der Waals surface area contributed by atoms with Crippen molar-refractivity contribution >= 4 is 21.7 Å². The van der Waals surface area contributed by atoms with Gasteiger partial charge in [-0.3, -0.25) is 9.52 Å². The topological polar surface area (TPSA) is 83.5 Å². The molecule has 2 aromatic carbocycles. The number of carboxylic acids is 1. The number of aryl methyl sites for hydroxylation is 3. The summed E-state index contributed by atoms with van der Waals surface area (Å²) in [4.78, 5) is 10.8. The summed E-state index contributed by atoms with van der Waals surface area (Å²) in [5.74, 6) is -0.882. The fraction of sp³-hybridized carbons (Fsp3) is 0.235. The summed E-state index contributed by atoms with van der Waals surface area (Å²) in [6.45, 7) is 3.69. The number of nitrogens with one attached hydrogen (secondary N) is 1. The normalized spacial score (nSPS) is 11.2. The second-order valence-electron chi connectivity index (χ2n) is 5.46. The number of sulfonamides is 1. The quantitative estimate of drug-likeness (QED) is 0.851. The van der Waals surface area contributed by atoms with Crippen molar-refractivity contribution in [1.82, 2.24) is 0 Å². The molecule has 0 fully saturated rings. The molecule has 0 aliphatic carbocycles. The first-order valence-corrected chi connectivity index (χ1v) is 8.67. The predicted octanol–water partition coefficient (Wildman–Crippen LogP) is 3.12. The van der Waals surface area contributed by atoms with Gasteiger partial charge >= 0.3 is 5.97 Å². The predicted molar refractivity (Wildman–Crippen MR) is 89.1 cm³/mol. The van der Waals surface area contributed by atoms with E-state index in [4.69, 9.17) is 5.11 Å². The lowest BCUT2D eigenvalue weighted by atomic mass is 10.1. The highest BCUT2D eigenvalue weighted by atomic mass is 32.2. The molecule has 0 unspecified atom stereocenters. The summed E-state index contributed by atoms with van der Waals surface area (Å²) >= 11 is 0. The Morgan fingerprint density at radius 1 is 1.09 bits per heavy atom. The maximum atomic E-state index is 12.4. The van der Waals surface area contributed by atoms with Crippen molar-refractivity contribution in [3.63, 3.8) is 0 Å². The molecule has 0 bridgehead atoms. The molecule has 0 atom stereocenters. The average molecular weight is 333 g/mol. The molecule has 0 aliphatic heterocycles. The van der Waals surface area contributed by atoms with Crippen LogP contribution >= 0.6 is 0 Å². The van der Waals surface area contributed by atoms with Gasteiger partial charge in [0.15, 0.2) is 0 Å². The van der Waals surface area contributed by atoms with Gasteiger partial charge < -0.3 is 5.11 Å². The second-order valence-corrected chi connectivity index (χ2v) is 7.14. The van der Waals surface area contributed by atoms with Crippen LogP contribution < -0.4 is 4.72 Å². The SMILES string of the molecule is Cc1ccc(S(=O)(=O)Nc2cc(CCC(=O)O)ccc2C)cc1. The van der Waals surface area contributed by atoms with Crippen LogP contribution in [0.1, 0.15) is 23.1 Å². The van der Waals surface area contributed by atoms with E-state index >= 15 is 0 Å². The Hall–Kier alpha value is -2.34. The van der Waals surface area contributed by atoms with E-state index in [9.17, 15) is 13.2 Å². The minimum atomic E-state index is -3.67. The third kappa shape index (κ3) is 4.56. The van der Waals surface area contributed by atoms with E-state index in [-0.39, 0.29) is 11.3 Å². The van der Waals surface area contributed by atoms with Crippen LogP contribution in [0.3, 0.4) is 0 Å². The minimum Gasteiger partial charge on any atom is -0.481 e. The van der Waals surface area contributed by atoms with Crippen LogP contribution in [0.15, 0.2) is 47.4 Å². The molecule has 0 radical (unpaired) electrons. The molecule has 2 aromatic rings. The van der Waals surface area contributed by atoms with Gasteiger partial charge in [-0.15, -0.1) is 0 Å². The minimum absolute atomic E-state index is 0.00716. The Labute approximate surface area is 136 Å². The Balaban J connectivity index is 2.25. The molecule has 2 rings (SSSR count). The first kappa shape index (κ1) is 17.0. The van der Waals surface area contributed by atoms with Gasteiger partial charge in [-0.1, -0.05) is 29.8 Å². The molecular weight excluding hydrogens is 314 g/mol. The molecule has 23 heavy (non-hydrogen) atoms. The van der Waals surface area contributed by atoms with Crippen molar-refractivity contribution < 1.29 is 18.3 Å². The fourth-order valence-electron chi connectivity index (χ4n) is 2.11. The molecule has 122 valence electrons. The van der Waals surface area contributed by atoms with Crippen LogP contribution in [0.2, 0.25) is 0 Å². The number of carbonyl (C=O) groups is 1. The molecular formula is C17H19NO4S. The number of hydrogen-bond acceptors (Lipinski definition) is 3. The number of benzene rings is 2. The van der Waals surface area contributed by atoms with Gasteiger partial charge in [-0.25, -0.2) is 8.42 Å². The lowest BCUT2D eigenvalue weighted by molar-refractivity contribution is -0.136. The summed E-state index contributed by atoms with van der Waals surface area (Å²) in [6.07, 6.45) is 0.363.